The van der Waals surface area contributed by atoms with Gasteiger partial charge in [-0.05, 0) is 92.4 Å². The van der Waals surface area contributed by atoms with Crippen molar-refractivity contribution >= 4 is 41.0 Å². The highest BCUT2D eigenvalue weighted by atomic mass is 35.5. The molecule has 0 spiro atoms. The summed E-state index contributed by atoms with van der Waals surface area (Å²) in [6.07, 6.45) is 1.93. The van der Waals surface area contributed by atoms with Gasteiger partial charge < -0.3 is 24.2 Å². The largest absolute Gasteiger partial charge is 0.619 e. The Bertz CT molecular complexity index is 1920. The highest BCUT2D eigenvalue weighted by molar-refractivity contribution is 6.35. The monoisotopic (exact) mass is 773 g/mol. The summed E-state index contributed by atoms with van der Waals surface area (Å²) < 4.78 is 63.2. The van der Waals surface area contributed by atoms with Gasteiger partial charge in [0.05, 0.1) is 24.4 Å². The van der Waals surface area contributed by atoms with Crippen molar-refractivity contribution in [2.45, 2.75) is 51.6 Å². The minimum absolute atomic E-state index is 0.0146. The SMILES string of the molecule is CCOc1cc([C@H](Cc2c(Cl)c[n+]([O-])cc2Cl)OC(=O)c2cccc(CN(C(=O)O[C@H]3CN4CCC3CC4)c3cccc(F)c3)c2)ccc1OC(F)F. The van der Waals surface area contributed by atoms with Crippen molar-refractivity contribution in [3.63, 3.8) is 0 Å². The first kappa shape index (κ1) is 38.0. The molecular formula is C38H36Cl2F3N3O7. The van der Waals surface area contributed by atoms with Gasteiger partial charge in [0, 0.05) is 18.5 Å². The zero-order valence-corrected chi connectivity index (χ0v) is 30.1. The number of amides is 1. The predicted molar refractivity (Wildman–Crippen MR) is 190 cm³/mol. The third-order valence-electron chi connectivity index (χ3n) is 9.24. The van der Waals surface area contributed by atoms with Gasteiger partial charge in [0.1, 0.15) is 28.1 Å². The van der Waals surface area contributed by atoms with E-state index in [0.29, 0.717) is 28.0 Å². The normalized spacial score (nSPS) is 18.4. The fourth-order valence-electron chi connectivity index (χ4n) is 6.64. The average Bonchev–Trinajstić information content (AvgIpc) is 3.12. The molecule has 4 heterocycles. The molecule has 7 rings (SSSR count). The topological polar surface area (TPSA) is 104 Å². The highest BCUT2D eigenvalue weighted by Gasteiger charge is 2.37. The number of rotatable bonds is 13. The first-order valence-corrected chi connectivity index (χ1v) is 17.8. The van der Waals surface area contributed by atoms with Crippen molar-refractivity contribution in [2.24, 2.45) is 5.92 Å². The van der Waals surface area contributed by atoms with Crippen LogP contribution in [0.15, 0.2) is 79.1 Å². The number of fused-ring (bicyclic) bond motifs is 3. The molecule has 0 N–H and O–H groups in total. The Morgan fingerprint density at radius 3 is 2.40 bits per heavy atom. The van der Waals surface area contributed by atoms with Crippen LogP contribution in [-0.2, 0) is 22.4 Å². The fourth-order valence-corrected chi connectivity index (χ4v) is 7.24. The second kappa shape index (κ2) is 17.0. The van der Waals surface area contributed by atoms with E-state index in [-0.39, 0.29) is 64.4 Å². The Labute approximate surface area is 314 Å². The van der Waals surface area contributed by atoms with E-state index < -0.39 is 30.6 Å². The third-order valence-corrected chi connectivity index (χ3v) is 9.90. The number of piperidine rings is 3. The van der Waals surface area contributed by atoms with Gasteiger partial charge in [0.15, 0.2) is 23.9 Å². The van der Waals surface area contributed by atoms with Crippen LogP contribution in [0.5, 0.6) is 11.5 Å². The number of pyridine rings is 1. The highest BCUT2D eigenvalue weighted by Crippen LogP contribution is 2.37. The van der Waals surface area contributed by atoms with Crippen LogP contribution in [0, 0.1) is 16.9 Å². The molecular weight excluding hydrogens is 738 g/mol. The van der Waals surface area contributed by atoms with Crippen molar-refractivity contribution in [1.82, 2.24) is 4.90 Å². The maximum absolute atomic E-state index is 14.4. The number of nitrogens with zero attached hydrogens (tertiary/aromatic N) is 3. The lowest BCUT2D eigenvalue weighted by atomic mass is 9.86. The molecule has 15 heteroatoms. The van der Waals surface area contributed by atoms with E-state index in [1.807, 2.05) is 0 Å². The van der Waals surface area contributed by atoms with Crippen LogP contribution >= 0.6 is 23.2 Å². The summed E-state index contributed by atoms with van der Waals surface area (Å²) in [5, 5.41) is 12.0. The quantitative estimate of drug-likeness (QED) is 0.0762. The van der Waals surface area contributed by atoms with Crippen molar-refractivity contribution in [3.8, 4) is 11.5 Å². The van der Waals surface area contributed by atoms with Crippen LogP contribution in [0.25, 0.3) is 0 Å². The second-order valence-electron chi connectivity index (χ2n) is 12.7. The Morgan fingerprint density at radius 1 is 1.00 bits per heavy atom. The molecule has 0 saturated carbocycles. The number of aromatic nitrogens is 1. The number of carbonyl (C=O) groups is 2. The number of alkyl halides is 2. The van der Waals surface area contributed by atoms with Gasteiger partial charge in [-0.25, -0.2) is 14.0 Å². The average molecular weight is 775 g/mol. The van der Waals surface area contributed by atoms with Crippen LogP contribution in [-0.4, -0.2) is 55.9 Å². The van der Waals surface area contributed by atoms with Crippen molar-refractivity contribution in [3.05, 3.63) is 122 Å². The molecule has 4 aromatic rings. The van der Waals surface area contributed by atoms with E-state index in [9.17, 15) is 28.0 Å². The minimum Gasteiger partial charge on any atom is -0.619 e. The molecule has 280 valence electrons. The molecule has 3 aliphatic rings. The zero-order chi connectivity index (χ0) is 37.6. The van der Waals surface area contributed by atoms with Crippen LogP contribution in [0.4, 0.5) is 23.7 Å². The number of halogens is 5. The Balaban J connectivity index is 1.27. The Kier molecular flexibility index (Phi) is 12.2. The summed E-state index contributed by atoms with van der Waals surface area (Å²) in [7, 11) is 0. The fraction of sp³-hybridized carbons (Fsp3) is 0.342. The summed E-state index contributed by atoms with van der Waals surface area (Å²) in [4.78, 5) is 31.1. The summed E-state index contributed by atoms with van der Waals surface area (Å²) >= 11 is 12.8. The molecule has 2 atom stereocenters. The Morgan fingerprint density at radius 2 is 1.74 bits per heavy atom. The van der Waals surface area contributed by atoms with Gasteiger partial charge in [-0.2, -0.15) is 13.5 Å². The number of ether oxygens (including phenoxy) is 4. The number of hydrogen-bond acceptors (Lipinski definition) is 8. The maximum atomic E-state index is 14.4. The van der Waals surface area contributed by atoms with E-state index in [4.69, 9.17) is 37.4 Å². The molecule has 3 fully saturated rings. The molecule has 53 heavy (non-hydrogen) atoms. The molecule has 2 bridgehead atoms. The lowest BCUT2D eigenvalue weighted by Crippen LogP contribution is -2.53. The molecule has 0 radical (unpaired) electrons. The number of esters is 1. The van der Waals surface area contributed by atoms with E-state index in [1.54, 1.807) is 31.2 Å². The van der Waals surface area contributed by atoms with Gasteiger partial charge in [-0.3, -0.25) is 9.80 Å². The molecule has 0 unspecified atom stereocenters. The summed E-state index contributed by atoms with van der Waals surface area (Å²) in [5.41, 5.74) is 1.54. The first-order valence-electron chi connectivity index (χ1n) is 17.0. The molecule has 1 amide bonds. The molecule has 3 saturated heterocycles. The molecule has 0 aliphatic carbocycles. The summed E-state index contributed by atoms with van der Waals surface area (Å²) in [5.74, 6) is -1.29. The van der Waals surface area contributed by atoms with Gasteiger partial charge in [-0.15, -0.1) is 0 Å². The van der Waals surface area contributed by atoms with Crippen molar-refractivity contribution < 1.29 is 46.4 Å². The predicted octanol–water partition coefficient (Wildman–Crippen LogP) is 8.14. The third kappa shape index (κ3) is 9.45. The molecule has 10 nitrogen and oxygen atoms in total. The van der Waals surface area contributed by atoms with Crippen molar-refractivity contribution in [1.29, 1.82) is 0 Å². The van der Waals surface area contributed by atoms with E-state index in [2.05, 4.69) is 9.64 Å². The van der Waals surface area contributed by atoms with Gasteiger partial charge in [-0.1, -0.05) is 47.5 Å². The van der Waals surface area contributed by atoms with Gasteiger partial charge in [0.25, 0.3) is 0 Å². The Hall–Kier alpha value is -4.72. The first-order chi connectivity index (χ1) is 25.5. The number of hydrogen-bond donors (Lipinski definition) is 0. The molecule has 3 aliphatic heterocycles. The second-order valence-corrected chi connectivity index (χ2v) is 13.5. The maximum Gasteiger partial charge on any atom is 0.414 e. The summed E-state index contributed by atoms with van der Waals surface area (Å²) in [6.45, 7) is 1.20. The minimum atomic E-state index is -3.11. The zero-order valence-electron chi connectivity index (χ0n) is 28.6. The van der Waals surface area contributed by atoms with E-state index in [1.165, 1.54) is 47.4 Å². The van der Waals surface area contributed by atoms with Crippen LogP contribution in [0.2, 0.25) is 10.0 Å². The number of benzene rings is 3. The lowest BCUT2D eigenvalue weighted by Gasteiger charge is -2.44. The van der Waals surface area contributed by atoms with E-state index in [0.717, 1.165) is 38.3 Å². The van der Waals surface area contributed by atoms with Gasteiger partial charge >= 0.3 is 18.7 Å². The lowest BCUT2D eigenvalue weighted by molar-refractivity contribution is -0.605. The van der Waals surface area contributed by atoms with Crippen molar-refractivity contribution in [2.75, 3.05) is 31.1 Å². The van der Waals surface area contributed by atoms with Crippen LogP contribution in [0.1, 0.15) is 52.9 Å². The number of carbonyl (C=O) groups excluding carboxylic acids is 2. The summed E-state index contributed by atoms with van der Waals surface area (Å²) in [6, 6.07) is 16.1. The van der Waals surface area contributed by atoms with Gasteiger partial charge in [0.2, 0.25) is 0 Å². The van der Waals surface area contributed by atoms with Crippen LogP contribution < -0.4 is 19.1 Å². The molecule has 3 aromatic carbocycles. The van der Waals surface area contributed by atoms with E-state index >= 15 is 0 Å². The molecule has 1 aromatic heterocycles. The smallest absolute Gasteiger partial charge is 0.414 e. The standard InChI is InChI=1S/C38H36Cl2F3N3O7/c1-2-50-34-16-25(9-10-32(34)52-37(42)43)33(18-29-30(39)20-45(49)21-31(29)40)51-36(47)26-6-3-5-23(15-26)19-46(28-8-4-7-27(41)17-28)38(48)53-35-22-44-13-11-24(35)12-14-44/h3-10,15-17,20-21,24,33,35,37H,2,11-14,18-19,22H2,1H3/t33-,35-/m0/s1. The van der Waals surface area contributed by atoms with Crippen LogP contribution in [0.3, 0.4) is 0 Å². The number of anilines is 1.